The first kappa shape index (κ1) is 12.8. The van der Waals surface area contributed by atoms with E-state index in [0.29, 0.717) is 6.29 Å². The summed E-state index contributed by atoms with van der Waals surface area (Å²) < 4.78 is 29.6. The molecule has 0 unspecified atom stereocenters. The van der Waals surface area contributed by atoms with Crippen LogP contribution in [0.3, 0.4) is 0 Å². The van der Waals surface area contributed by atoms with Crippen LogP contribution in [0.15, 0.2) is 12.1 Å². The first-order chi connectivity index (χ1) is 8.04. The van der Waals surface area contributed by atoms with Crippen molar-refractivity contribution in [1.82, 2.24) is 0 Å². The molecule has 0 heterocycles. The van der Waals surface area contributed by atoms with E-state index in [4.69, 9.17) is 5.26 Å². The Morgan fingerprint density at radius 3 is 2.59 bits per heavy atom. The Hall–Kier alpha value is -2.29. The molecule has 4 nitrogen and oxygen atoms in total. The summed E-state index contributed by atoms with van der Waals surface area (Å²) in [5.41, 5.74) is -1.37. The molecule has 88 valence electrons. The number of benzene rings is 1. The van der Waals surface area contributed by atoms with Gasteiger partial charge in [-0.25, -0.2) is 13.6 Å². The molecule has 0 aliphatic carbocycles. The van der Waals surface area contributed by atoms with Gasteiger partial charge in [0.25, 0.3) is 6.43 Å². The fourth-order valence-electron chi connectivity index (χ4n) is 1.29. The number of hydrogen-bond acceptors (Lipinski definition) is 4. The molecule has 0 saturated carbocycles. The van der Waals surface area contributed by atoms with Gasteiger partial charge in [-0.15, -0.1) is 0 Å². The van der Waals surface area contributed by atoms with Crippen LogP contribution in [0.25, 0.3) is 0 Å². The number of carbonyl (C=O) groups is 2. The number of esters is 1. The second-order valence-corrected chi connectivity index (χ2v) is 3.05. The van der Waals surface area contributed by atoms with E-state index in [9.17, 15) is 18.4 Å². The number of nitrogens with zero attached hydrogens (tertiary/aromatic N) is 1. The Balaban J connectivity index is 3.51. The summed E-state index contributed by atoms with van der Waals surface area (Å²) in [6.45, 7) is 0. The molecule has 0 spiro atoms. The van der Waals surface area contributed by atoms with Gasteiger partial charge in [0, 0.05) is 11.1 Å². The average Bonchev–Trinajstić information content (AvgIpc) is 2.35. The van der Waals surface area contributed by atoms with Gasteiger partial charge >= 0.3 is 5.97 Å². The maximum absolute atomic E-state index is 12.6. The van der Waals surface area contributed by atoms with Gasteiger partial charge in [-0.1, -0.05) is 0 Å². The third-order valence-electron chi connectivity index (χ3n) is 2.11. The summed E-state index contributed by atoms with van der Waals surface area (Å²) in [5.74, 6) is -0.904. The summed E-state index contributed by atoms with van der Waals surface area (Å²) in [7, 11) is 1.07. The first-order valence-electron chi connectivity index (χ1n) is 4.44. The maximum atomic E-state index is 12.6. The van der Waals surface area contributed by atoms with Crippen molar-refractivity contribution in [3.05, 3.63) is 34.4 Å². The van der Waals surface area contributed by atoms with Crippen molar-refractivity contribution in [3.8, 4) is 6.07 Å². The Kier molecular flexibility index (Phi) is 3.88. The summed E-state index contributed by atoms with van der Waals surface area (Å²) in [6.07, 6.45) is -2.60. The molecule has 1 aromatic rings. The number of nitriles is 1. The van der Waals surface area contributed by atoms with Gasteiger partial charge < -0.3 is 4.74 Å². The minimum atomic E-state index is -2.91. The molecule has 1 aromatic carbocycles. The summed E-state index contributed by atoms with van der Waals surface area (Å²) in [6, 6.07) is 3.29. The zero-order valence-corrected chi connectivity index (χ0v) is 8.74. The number of alkyl halides is 2. The minimum Gasteiger partial charge on any atom is -0.465 e. The molecule has 0 amide bonds. The van der Waals surface area contributed by atoms with Crippen LogP contribution in [0.4, 0.5) is 8.78 Å². The Labute approximate surface area is 95.4 Å². The van der Waals surface area contributed by atoms with Crippen molar-refractivity contribution >= 4 is 12.3 Å². The van der Waals surface area contributed by atoms with Gasteiger partial charge in [-0.05, 0) is 12.1 Å². The van der Waals surface area contributed by atoms with Crippen LogP contribution in [0, 0.1) is 11.3 Å². The number of hydrogen-bond donors (Lipinski definition) is 0. The van der Waals surface area contributed by atoms with Crippen LogP contribution >= 0.6 is 0 Å². The van der Waals surface area contributed by atoms with E-state index >= 15 is 0 Å². The quantitative estimate of drug-likeness (QED) is 0.598. The molecule has 0 atom stereocenters. The molecule has 0 aromatic heterocycles. The minimum absolute atomic E-state index is 0.155. The third-order valence-corrected chi connectivity index (χ3v) is 2.11. The fourth-order valence-corrected chi connectivity index (χ4v) is 1.29. The van der Waals surface area contributed by atoms with Crippen molar-refractivity contribution in [1.29, 1.82) is 5.26 Å². The number of carbonyl (C=O) groups excluding carboxylic acids is 2. The predicted molar refractivity (Wildman–Crippen MR) is 52.8 cm³/mol. The van der Waals surface area contributed by atoms with E-state index in [2.05, 4.69) is 4.74 Å². The highest BCUT2D eigenvalue weighted by Gasteiger charge is 2.20. The molecule has 1 rings (SSSR count). The van der Waals surface area contributed by atoms with Crippen molar-refractivity contribution < 1.29 is 23.1 Å². The van der Waals surface area contributed by atoms with Crippen molar-refractivity contribution in [2.75, 3.05) is 7.11 Å². The van der Waals surface area contributed by atoms with Crippen LogP contribution < -0.4 is 0 Å². The zero-order chi connectivity index (χ0) is 13.0. The predicted octanol–water partition coefficient (Wildman–Crippen LogP) is 2.09. The molecular formula is C11H7F2NO3. The smallest absolute Gasteiger partial charge is 0.338 e. The molecule has 6 heteroatoms. The molecule has 0 fully saturated rings. The summed E-state index contributed by atoms with van der Waals surface area (Å²) in [4.78, 5) is 22.0. The SMILES string of the molecule is COC(=O)c1cc(C(F)F)c(C#N)cc1C=O. The van der Waals surface area contributed by atoms with Crippen molar-refractivity contribution in [2.24, 2.45) is 0 Å². The largest absolute Gasteiger partial charge is 0.465 e. The van der Waals surface area contributed by atoms with Crippen LogP contribution in [0.2, 0.25) is 0 Å². The Morgan fingerprint density at radius 2 is 2.18 bits per heavy atom. The highest BCUT2D eigenvalue weighted by atomic mass is 19.3. The molecule has 0 N–H and O–H groups in total. The first-order valence-corrected chi connectivity index (χ1v) is 4.44. The fraction of sp³-hybridized carbons (Fsp3) is 0.182. The highest BCUT2D eigenvalue weighted by molar-refractivity contribution is 5.98. The normalized spacial score (nSPS) is 9.82. The lowest BCUT2D eigenvalue weighted by Gasteiger charge is -2.08. The monoisotopic (exact) mass is 239 g/mol. The average molecular weight is 239 g/mol. The van der Waals surface area contributed by atoms with Crippen LogP contribution in [0.1, 0.15) is 38.3 Å². The van der Waals surface area contributed by atoms with E-state index in [1.54, 1.807) is 6.07 Å². The molecule has 0 radical (unpaired) electrons. The van der Waals surface area contributed by atoms with Crippen molar-refractivity contribution in [2.45, 2.75) is 6.43 Å². The van der Waals surface area contributed by atoms with Gasteiger partial charge in [-0.2, -0.15) is 5.26 Å². The van der Waals surface area contributed by atoms with Crippen molar-refractivity contribution in [3.63, 3.8) is 0 Å². The van der Waals surface area contributed by atoms with Gasteiger partial charge in [0.05, 0.1) is 24.3 Å². The molecular weight excluding hydrogens is 232 g/mol. The van der Waals surface area contributed by atoms with Crippen LogP contribution in [-0.2, 0) is 4.74 Å². The van der Waals surface area contributed by atoms with E-state index in [1.807, 2.05) is 0 Å². The van der Waals surface area contributed by atoms with Gasteiger partial charge in [0.2, 0.25) is 0 Å². The molecule has 0 saturated heterocycles. The van der Waals surface area contributed by atoms with E-state index in [0.717, 1.165) is 19.2 Å². The maximum Gasteiger partial charge on any atom is 0.338 e. The number of methoxy groups -OCH3 is 1. The molecule has 0 bridgehead atoms. The second kappa shape index (κ2) is 5.16. The summed E-state index contributed by atoms with van der Waals surface area (Å²) >= 11 is 0. The lowest BCUT2D eigenvalue weighted by atomic mass is 9.99. The molecule has 0 aliphatic rings. The molecule has 17 heavy (non-hydrogen) atoms. The number of aldehydes is 1. The van der Waals surface area contributed by atoms with Crippen LogP contribution in [0.5, 0.6) is 0 Å². The van der Waals surface area contributed by atoms with E-state index < -0.39 is 18.0 Å². The topological polar surface area (TPSA) is 67.2 Å². The lowest BCUT2D eigenvalue weighted by molar-refractivity contribution is 0.0598. The number of halogens is 2. The Morgan fingerprint density at radius 1 is 1.53 bits per heavy atom. The second-order valence-electron chi connectivity index (χ2n) is 3.05. The van der Waals surface area contributed by atoms with Crippen LogP contribution in [-0.4, -0.2) is 19.4 Å². The van der Waals surface area contributed by atoms with Gasteiger partial charge in [-0.3, -0.25) is 4.79 Å². The van der Waals surface area contributed by atoms with Gasteiger partial charge in [0.15, 0.2) is 6.29 Å². The summed E-state index contributed by atoms with van der Waals surface area (Å²) in [5, 5.41) is 8.66. The zero-order valence-electron chi connectivity index (χ0n) is 8.74. The number of rotatable bonds is 3. The molecule has 0 aliphatic heterocycles. The standard InChI is InChI=1S/C11H7F2NO3/c1-17-11(16)9-3-8(10(12)13)6(4-14)2-7(9)5-15/h2-3,5,10H,1H3. The van der Waals surface area contributed by atoms with E-state index in [1.165, 1.54) is 0 Å². The number of ether oxygens (including phenoxy) is 1. The van der Waals surface area contributed by atoms with Gasteiger partial charge in [0.1, 0.15) is 0 Å². The lowest BCUT2D eigenvalue weighted by Crippen LogP contribution is -2.08. The third kappa shape index (κ3) is 2.45. The Bertz CT molecular complexity index is 506. The highest BCUT2D eigenvalue weighted by Crippen LogP contribution is 2.26. The van der Waals surface area contributed by atoms with E-state index in [-0.39, 0.29) is 16.7 Å².